The predicted octanol–water partition coefficient (Wildman–Crippen LogP) is 1.92. The molecule has 4 heterocycles. The predicted molar refractivity (Wildman–Crippen MR) is 114 cm³/mol. The number of carbonyl (C=O) groups excluding carboxylic acids is 3. The van der Waals surface area contributed by atoms with Crippen molar-refractivity contribution in [3.8, 4) is 28.1 Å². The first-order chi connectivity index (χ1) is 15.5. The van der Waals surface area contributed by atoms with E-state index in [1.54, 1.807) is 41.3 Å². The maximum Gasteiger partial charge on any atom is 0.255 e. The Morgan fingerprint density at radius 2 is 1.91 bits per heavy atom. The van der Waals surface area contributed by atoms with E-state index < -0.39 is 11.9 Å². The van der Waals surface area contributed by atoms with Crippen LogP contribution in [-0.4, -0.2) is 50.5 Å². The number of nitrogens with one attached hydrogen (secondary N) is 1. The number of piperidine rings is 1. The third-order valence-electron chi connectivity index (χ3n) is 6.00. The molecule has 9 nitrogen and oxygen atoms in total. The van der Waals surface area contributed by atoms with Gasteiger partial charge in [0.1, 0.15) is 11.8 Å². The Hall–Kier alpha value is -4.01. The fourth-order valence-corrected chi connectivity index (χ4v) is 4.39. The van der Waals surface area contributed by atoms with Gasteiger partial charge in [-0.05, 0) is 35.7 Å². The number of nitrogens with zero attached hydrogens (tertiary/aromatic N) is 4. The highest BCUT2D eigenvalue weighted by atomic mass is 16.5. The van der Waals surface area contributed by atoms with E-state index in [-0.39, 0.29) is 18.2 Å². The average molecular weight is 431 g/mol. The highest BCUT2D eigenvalue weighted by Gasteiger charge is 2.39. The summed E-state index contributed by atoms with van der Waals surface area (Å²) in [5.41, 5.74) is 4.97. The van der Waals surface area contributed by atoms with Crippen LogP contribution in [0.5, 0.6) is 5.75 Å². The molecule has 2 aliphatic heterocycles. The first kappa shape index (κ1) is 19.9. The zero-order valence-corrected chi connectivity index (χ0v) is 17.7. The first-order valence-corrected chi connectivity index (χ1v) is 10.3. The second-order valence-corrected chi connectivity index (χ2v) is 7.92. The molecule has 0 aliphatic carbocycles. The number of imide groups is 1. The number of amides is 3. The normalized spacial score (nSPS) is 18.0. The Balaban J connectivity index is 1.49. The van der Waals surface area contributed by atoms with Crippen molar-refractivity contribution in [1.82, 2.24) is 25.0 Å². The molecule has 9 heteroatoms. The molecule has 3 amide bonds. The molecule has 0 radical (unpaired) electrons. The molecule has 3 aromatic rings. The van der Waals surface area contributed by atoms with Gasteiger partial charge in [-0.25, -0.2) is 0 Å². The third-order valence-corrected chi connectivity index (χ3v) is 6.00. The number of methoxy groups -OCH3 is 1. The molecular formula is C23H21N5O4. The lowest BCUT2D eigenvalue weighted by atomic mass is 9.98. The topological polar surface area (TPSA) is 106 Å². The molecule has 0 bridgehead atoms. The summed E-state index contributed by atoms with van der Waals surface area (Å²) in [6.07, 6.45) is 5.75. The SMILES string of the molecule is COc1cncc(-c2c(-c3ccc4c(c3)CN(C3CCC(=O)NC3=O)C4=O)cnn2C)c1. The van der Waals surface area contributed by atoms with Gasteiger partial charge >= 0.3 is 0 Å². The van der Waals surface area contributed by atoms with E-state index in [4.69, 9.17) is 4.74 Å². The Morgan fingerprint density at radius 1 is 1.06 bits per heavy atom. The van der Waals surface area contributed by atoms with Crippen LogP contribution in [0.1, 0.15) is 28.8 Å². The minimum absolute atomic E-state index is 0.190. The van der Waals surface area contributed by atoms with Crippen molar-refractivity contribution in [2.45, 2.75) is 25.4 Å². The molecule has 32 heavy (non-hydrogen) atoms. The molecule has 0 spiro atoms. The van der Waals surface area contributed by atoms with Crippen LogP contribution in [0.15, 0.2) is 42.9 Å². The number of aryl methyl sites for hydroxylation is 1. The van der Waals surface area contributed by atoms with Crippen LogP contribution in [-0.2, 0) is 23.2 Å². The molecule has 2 aromatic heterocycles. The van der Waals surface area contributed by atoms with Crippen LogP contribution < -0.4 is 10.1 Å². The number of aromatic nitrogens is 3. The summed E-state index contributed by atoms with van der Waals surface area (Å²) in [6, 6.07) is 6.91. The number of ether oxygens (including phenoxy) is 1. The molecule has 5 rings (SSSR count). The van der Waals surface area contributed by atoms with Gasteiger partial charge in [0.05, 0.1) is 25.2 Å². The fraction of sp³-hybridized carbons (Fsp3) is 0.261. The summed E-state index contributed by atoms with van der Waals surface area (Å²) in [4.78, 5) is 42.5. The first-order valence-electron chi connectivity index (χ1n) is 10.3. The lowest BCUT2D eigenvalue weighted by molar-refractivity contribution is -0.136. The van der Waals surface area contributed by atoms with Gasteiger partial charge in [0.2, 0.25) is 11.8 Å². The number of benzene rings is 1. The van der Waals surface area contributed by atoms with Crippen LogP contribution in [0.4, 0.5) is 0 Å². The van der Waals surface area contributed by atoms with Gasteiger partial charge in [0.25, 0.3) is 5.91 Å². The second-order valence-electron chi connectivity index (χ2n) is 7.92. The van der Waals surface area contributed by atoms with Crippen molar-refractivity contribution >= 4 is 17.7 Å². The molecule has 1 aromatic carbocycles. The molecule has 162 valence electrons. The highest BCUT2D eigenvalue weighted by Crippen LogP contribution is 2.36. The summed E-state index contributed by atoms with van der Waals surface area (Å²) in [7, 11) is 3.45. The number of carbonyl (C=O) groups is 3. The summed E-state index contributed by atoms with van der Waals surface area (Å²) in [5, 5.41) is 6.75. The largest absolute Gasteiger partial charge is 0.495 e. The van der Waals surface area contributed by atoms with Gasteiger partial charge in [-0.1, -0.05) is 6.07 Å². The number of hydrogen-bond acceptors (Lipinski definition) is 6. The van der Waals surface area contributed by atoms with Gasteiger partial charge in [0.15, 0.2) is 0 Å². The molecule has 0 saturated carbocycles. The van der Waals surface area contributed by atoms with E-state index in [2.05, 4.69) is 15.4 Å². The molecule has 1 atom stereocenters. The van der Waals surface area contributed by atoms with Gasteiger partial charge in [-0.15, -0.1) is 0 Å². The van der Waals surface area contributed by atoms with Gasteiger partial charge in [-0.3, -0.25) is 29.4 Å². The Labute approximate surface area is 184 Å². The fourth-order valence-electron chi connectivity index (χ4n) is 4.39. The average Bonchev–Trinajstić information content (AvgIpc) is 3.33. The van der Waals surface area contributed by atoms with Crippen molar-refractivity contribution in [3.63, 3.8) is 0 Å². The Bertz CT molecular complexity index is 1270. The third kappa shape index (κ3) is 3.22. The quantitative estimate of drug-likeness (QED) is 0.633. The molecular weight excluding hydrogens is 410 g/mol. The van der Waals surface area contributed by atoms with Crippen LogP contribution in [0.25, 0.3) is 22.4 Å². The monoisotopic (exact) mass is 431 g/mol. The number of fused-ring (bicyclic) bond motifs is 1. The van der Waals surface area contributed by atoms with E-state index in [9.17, 15) is 14.4 Å². The molecule has 1 N–H and O–H groups in total. The van der Waals surface area contributed by atoms with E-state index in [1.807, 2.05) is 25.2 Å². The lowest BCUT2D eigenvalue weighted by Crippen LogP contribution is -2.52. The van der Waals surface area contributed by atoms with Gasteiger partial charge < -0.3 is 9.64 Å². The summed E-state index contributed by atoms with van der Waals surface area (Å²) in [5.74, 6) is -0.255. The van der Waals surface area contributed by atoms with Crippen LogP contribution in [0, 0.1) is 0 Å². The highest BCUT2D eigenvalue weighted by molar-refractivity contribution is 6.05. The second kappa shape index (κ2) is 7.60. The van der Waals surface area contributed by atoms with Crippen molar-refractivity contribution in [3.05, 3.63) is 54.0 Å². The van der Waals surface area contributed by atoms with Crippen molar-refractivity contribution in [2.24, 2.45) is 7.05 Å². The van der Waals surface area contributed by atoms with E-state index in [0.29, 0.717) is 24.3 Å². The smallest absolute Gasteiger partial charge is 0.255 e. The molecule has 1 fully saturated rings. The molecule has 1 unspecified atom stereocenters. The maximum absolute atomic E-state index is 13.0. The van der Waals surface area contributed by atoms with E-state index in [0.717, 1.165) is 27.9 Å². The van der Waals surface area contributed by atoms with Crippen LogP contribution >= 0.6 is 0 Å². The minimum Gasteiger partial charge on any atom is -0.495 e. The van der Waals surface area contributed by atoms with Crippen LogP contribution in [0.2, 0.25) is 0 Å². The Kier molecular flexibility index (Phi) is 4.73. The maximum atomic E-state index is 13.0. The summed E-state index contributed by atoms with van der Waals surface area (Å²) >= 11 is 0. The molecule has 2 aliphatic rings. The van der Waals surface area contributed by atoms with E-state index >= 15 is 0 Å². The number of pyridine rings is 1. The number of hydrogen-bond donors (Lipinski definition) is 1. The van der Waals surface area contributed by atoms with Gasteiger partial charge in [-0.2, -0.15) is 5.10 Å². The summed E-state index contributed by atoms with van der Waals surface area (Å²) < 4.78 is 7.08. The molecule has 1 saturated heterocycles. The van der Waals surface area contributed by atoms with Crippen LogP contribution in [0.3, 0.4) is 0 Å². The Morgan fingerprint density at radius 3 is 2.69 bits per heavy atom. The van der Waals surface area contributed by atoms with Crippen molar-refractivity contribution < 1.29 is 19.1 Å². The van der Waals surface area contributed by atoms with Crippen molar-refractivity contribution in [1.29, 1.82) is 0 Å². The summed E-state index contributed by atoms with van der Waals surface area (Å²) in [6.45, 7) is 0.324. The zero-order valence-electron chi connectivity index (χ0n) is 17.7. The number of rotatable bonds is 4. The van der Waals surface area contributed by atoms with E-state index in [1.165, 1.54) is 0 Å². The zero-order chi connectivity index (χ0) is 22.4. The van der Waals surface area contributed by atoms with Crippen molar-refractivity contribution in [2.75, 3.05) is 7.11 Å². The van der Waals surface area contributed by atoms with Gasteiger partial charge in [0, 0.05) is 42.9 Å². The standard InChI is InChI=1S/C23H21N5O4/c1-27-21(14-8-16(32-2)10-24-9-14)18(11-25-27)13-3-4-17-15(7-13)12-28(23(17)31)19-5-6-20(29)26-22(19)30/h3-4,7-11,19H,5-6,12H2,1-2H3,(H,26,29,30). The lowest BCUT2D eigenvalue weighted by Gasteiger charge is -2.29. The minimum atomic E-state index is -0.632.